The average Bonchev–Trinajstić information content (AvgIpc) is 2.60. The number of benzene rings is 2. The molecule has 2 rings (SSSR count). The van der Waals surface area contributed by atoms with Crippen molar-refractivity contribution in [2.45, 2.75) is 6.18 Å². The van der Waals surface area contributed by atoms with Gasteiger partial charge in [-0.25, -0.2) is 0 Å². The smallest absolute Gasteiger partial charge is 0.416 e. The number of ether oxygens (including phenoxy) is 4. The van der Waals surface area contributed by atoms with E-state index in [0.29, 0.717) is 0 Å². The van der Waals surface area contributed by atoms with Crippen LogP contribution in [0, 0.1) is 3.57 Å². The van der Waals surface area contributed by atoms with E-state index in [0.717, 1.165) is 27.2 Å². The molecule has 0 heterocycles. The standard InChI is InChI=1S/C9H9F3O2.C8H9IO2/c1-13-7-3-6(9(10,11)12)4-8(5-7)14-2;1-10-7-3-6(9)4-8(5-7)11-2/h3-5H,1-2H3;3-5H,1-2H3. The van der Waals surface area contributed by atoms with Crippen molar-refractivity contribution in [2.75, 3.05) is 28.4 Å². The van der Waals surface area contributed by atoms with Crippen LogP contribution in [-0.2, 0) is 6.18 Å². The van der Waals surface area contributed by atoms with Crippen LogP contribution in [0.3, 0.4) is 0 Å². The van der Waals surface area contributed by atoms with Crippen LogP contribution < -0.4 is 18.9 Å². The molecule has 0 unspecified atom stereocenters. The Hall–Kier alpha value is -1.84. The normalized spacial score (nSPS) is 10.4. The van der Waals surface area contributed by atoms with E-state index in [2.05, 4.69) is 22.6 Å². The summed E-state index contributed by atoms with van der Waals surface area (Å²) in [4.78, 5) is 0. The first-order valence-corrected chi connectivity index (χ1v) is 8.00. The van der Waals surface area contributed by atoms with Crippen molar-refractivity contribution in [3.63, 3.8) is 0 Å². The van der Waals surface area contributed by atoms with Crippen LogP contribution in [0.15, 0.2) is 36.4 Å². The molecule has 8 heteroatoms. The average molecular weight is 470 g/mol. The van der Waals surface area contributed by atoms with Crippen LogP contribution in [0.25, 0.3) is 0 Å². The zero-order valence-corrected chi connectivity index (χ0v) is 16.3. The molecule has 0 bridgehead atoms. The Morgan fingerprint density at radius 1 is 0.640 bits per heavy atom. The lowest BCUT2D eigenvalue weighted by Crippen LogP contribution is -2.05. The largest absolute Gasteiger partial charge is 0.497 e. The van der Waals surface area contributed by atoms with Gasteiger partial charge in [-0.05, 0) is 46.9 Å². The first-order valence-electron chi connectivity index (χ1n) is 6.92. The van der Waals surface area contributed by atoms with Gasteiger partial charge in [0.05, 0.1) is 34.0 Å². The molecular weight excluding hydrogens is 452 g/mol. The molecule has 0 aliphatic carbocycles. The Balaban J connectivity index is 0.000000257. The highest BCUT2D eigenvalue weighted by molar-refractivity contribution is 14.1. The molecule has 0 atom stereocenters. The molecule has 0 amide bonds. The van der Waals surface area contributed by atoms with Gasteiger partial charge in [0.15, 0.2) is 0 Å². The van der Waals surface area contributed by atoms with E-state index in [4.69, 9.17) is 18.9 Å². The second-order valence-electron chi connectivity index (χ2n) is 4.63. The maximum Gasteiger partial charge on any atom is 0.416 e. The van der Waals surface area contributed by atoms with E-state index < -0.39 is 11.7 Å². The SMILES string of the molecule is COc1cc(I)cc(OC)c1.COc1cc(OC)cc(C(F)(F)F)c1. The molecule has 0 saturated carbocycles. The number of hydrogen-bond acceptors (Lipinski definition) is 4. The molecule has 0 aliphatic heterocycles. The van der Waals surface area contributed by atoms with E-state index in [1.807, 2.05) is 18.2 Å². The lowest BCUT2D eigenvalue weighted by Gasteiger charge is -2.10. The number of hydrogen-bond donors (Lipinski definition) is 0. The molecule has 2 aromatic rings. The summed E-state index contributed by atoms with van der Waals surface area (Å²) < 4.78 is 57.6. The Morgan fingerprint density at radius 2 is 0.960 bits per heavy atom. The third kappa shape index (κ3) is 6.89. The first-order chi connectivity index (χ1) is 11.7. The van der Waals surface area contributed by atoms with Crippen molar-refractivity contribution in [2.24, 2.45) is 0 Å². The quantitative estimate of drug-likeness (QED) is 0.588. The molecule has 0 spiro atoms. The molecule has 138 valence electrons. The van der Waals surface area contributed by atoms with Gasteiger partial charge in [-0.3, -0.25) is 0 Å². The molecular formula is C17H18F3IO4. The predicted molar refractivity (Wildman–Crippen MR) is 96.8 cm³/mol. The highest BCUT2D eigenvalue weighted by atomic mass is 127. The van der Waals surface area contributed by atoms with E-state index in [1.165, 1.54) is 20.3 Å². The molecule has 0 N–H and O–H groups in total. The van der Waals surface area contributed by atoms with E-state index in [1.54, 1.807) is 14.2 Å². The summed E-state index contributed by atoms with van der Waals surface area (Å²) in [5, 5.41) is 0. The fourth-order valence-electron chi connectivity index (χ4n) is 1.74. The van der Waals surface area contributed by atoms with Crippen molar-refractivity contribution in [1.82, 2.24) is 0 Å². The minimum atomic E-state index is -4.39. The predicted octanol–water partition coefficient (Wildman–Crippen LogP) is 5.03. The van der Waals surface area contributed by atoms with E-state index in [-0.39, 0.29) is 11.5 Å². The summed E-state index contributed by atoms with van der Waals surface area (Å²) in [5.74, 6) is 1.90. The van der Waals surface area contributed by atoms with Crippen LogP contribution >= 0.6 is 22.6 Å². The van der Waals surface area contributed by atoms with Gasteiger partial charge < -0.3 is 18.9 Å². The summed E-state index contributed by atoms with van der Waals surface area (Å²) >= 11 is 2.22. The topological polar surface area (TPSA) is 36.9 Å². The summed E-state index contributed by atoms with van der Waals surface area (Å²) in [6, 6.07) is 8.97. The van der Waals surface area contributed by atoms with Gasteiger partial charge in [0.2, 0.25) is 0 Å². The van der Waals surface area contributed by atoms with Crippen LogP contribution in [0.4, 0.5) is 13.2 Å². The minimum Gasteiger partial charge on any atom is -0.497 e. The zero-order valence-electron chi connectivity index (χ0n) is 14.1. The highest BCUT2D eigenvalue weighted by Gasteiger charge is 2.31. The molecule has 0 saturated heterocycles. The van der Waals surface area contributed by atoms with Crippen LogP contribution in [0.5, 0.6) is 23.0 Å². The van der Waals surface area contributed by atoms with Gasteiger partial charge in [0.25, 0.3) is 0 Å². The molecule has 0 aliphatic rings. The third-order valence-electron chi connectivity index (χ3n) is 2.99. The fourth-order valence-corrected chi connectivity index (χ4v) is 2.36. The zero-order chi connectivity index (χ0) is 19.0. The van der Waals surface area contributed by atoms with Crippen molar-refractivity contribution in [3.05, 3.63) is 45.5 Å². The maximum absolute atomic E-state index is 12.3. The Kier molecular flexibility index (Phi) is 8.14. The Labute approximate surface area is 158 Å². The van der Waals surface area contributed by atoms with Gasteiger partial charge in [-0.2, -0.15) is 13.2 Å². The number of alkyl halides is 3. The van der Waals surface area contributed by atoms with Gasteiger partial charge >= 0.3 is 6.18 Å². The highest BCUT2D eigenvalue weighted by Crippen LogP contribution is 2.34. The van der Waals surface area contributed by atoms with Crippen LogP contribution in [-0.4, -0.2) is 28.4 Å². The second kappa shape index (κ2) is 9.59. The van der Waals surface area contributed by atoms with Crippen LogP contribution in [0.1, 0.15) is 5.56 Å². The third-order valence-corrected chi connectivity index (χ3v) is 3.62. The number of methoxy groups -OCH3 is 4. The van der Waals surface area contributed by atoms with E-state index >= 15 is 0 Å². The fraction of sp³-hybridized carbons (Fsp3) is 0.294. The molecule has 25 heavy (non-hydrogen) atoms. The molecule has 0 aromatic heterocycles. The number of rotatable bonds is 4. The van der Waals surface area contributed by atoms with Crippen molar-refractivity contribution in [1.29, 1.82) is 0 Å². The first kappa shape index (κ1) is 21.2. The summed E-state index contributed by atoms with van der Waals surface area (Å²) in [6.07, 6.45) is -4.39. The minimum absolute atomic E-state index is 0.122. The second-order valence-corrected chi connectivity index (χ2v) is 5.88. The van der Waals surface area contributed by atoms with Gasteiger partial charge in [0.1, 0.15) is 23.0 Å². The van der Waals surface area contributed by atoms with Crippen LogP contribution in [0.2, 0.25) is 0 Å². The lowest BCUT2D eigenvalue weighted by molar-refractivity contribution is -0.137. The maximum atomic E-state index is 12.3. The lowest BCUT2D eigenvalue weighted by atomic mass is 10.2. The van der Waals surface area contributed by atoms with Crippen molar-refractivity contribution in [3.8, 4) is 23.0 Å². The molecule has 0 fully saturated rings. The van der Waals surface area contributed by atoms with Crippen molar-refractivity contribution < 1.29 is 32.1 Å². The molecule has 0 radical (unpaired) electrons. The Bertz CT molecular complexity index is 646. The Morgan fingerprint density at radius 3 is 1.24 bits per heavy atom. The summed E-state index contributed by atoms with van der Waals surface area (Å²) in [6.45, 7) is 0. The van der Waals surface area contributed by atoms with Gasteiger partial charge in [-0.1, -0.05) is 0 Å². The van der Waals surface area contributed by atoms with Gasteiger partial charge in [-0.15, -0.1) is 0 Å². The van der Waals surface area contributed by atoms with Gasteiger partial charge in [0, 0.05) is 15.7 Å². The summed E-state index contributed by atoms with van der Waals surface area (Å²) in [5.41, 5.74) is -0.784. The van der Waals surface area contributed by atoms with E-state index in [9.17, 15) is 13.2 Å². The molecule has 2 aromatic carbocycles. The monoisotopic (exact) mass is 470 g/mol. The number of halogens is 4. The summed E-state index contributed by atoms with van der Waals surface area (Å²) in [7, 11) is 5.89. The molecule has 4 nitrogen and oxygen atoms in total. The van der Waals surface area contributed by atoms with Crippen molar-refractivity contribution >= 4 is 22.6 Å².